The highest BCUT2D eigenvalue weighted by molar-refractivity contribution is 8.00. The Morgan fingerprint density at radius 1 is 1.26 bits per heavy atom. The minimum Gasteiger partial charge on any atom is -0.506 e. The van der Waals surface area contributed by atoms with Gasteiger partial charge in [-0.15, -0.1) is 23.1 Å². The largest absolute Gasteiger partial charge is 0.506 e. The number of fused-ring (bicyclic) bond motifs is 1. The Labute approximate surface area is 252 Å². The average Bonchev–Trinajstić information content (AvgIpc) is 3.40. The highest BCUT2D eigenvalue weighted by Crippen LogP contribution is 2.38. The molecule has 1 aromatic carbocycles. The number of esters is 2. The Bertz CT molecular complexity index is 1610. The van der Waals surface area contributed by atoms with Crippen LogP contribution in [0.5, 0.6) is 5.75 Å². The Morgan fingerprint density at radius 2 is 2.00 bits per heavy atom. The van der Waals surface area contributed by atoms with E-state index in [4.69, 9.17) is 25.8 Å². The number of nitrogens with zero attached hydrogens (tertiary/aromatic N) is 3. The molecule has 0 bridgehead atoms. The number of hydrogen-bond donors (Lipinski definition) is 5. The molecule has 0 unspecified atom stereocenters. The van der Waals surface area contributed by atoms with Crippen molar-refractivity contribution in [3.8, 4) is 5.75 Å². The van der Waals surface area contributed by atoms with Crippen molar-refractivity contribution in [3.63, 3.8) is 0 Å². The van der Waals surface area contributed by atoms with E-state index in [0.29, 0.717) is 5.75 Å². The van der Waals surface area contributed by atoms with Gasteiger partial charge in [-0.25, -0.2) is 23.0 Å². The van der Waals surface area contributed by atoms with Crippen LogP contribution in [0.25, 0.3) is 0 Å². The van der Waals surface area contributed by atoms with Gasteiger partial charge in [0.1, 0.15) is 35.7 Å². The number of thiazole rings is 1. The smallest absolute Gasteiger partial charge is 0.357 e. The number of nitrogens with one attached hydrogen (secondary N) is 2. The van der Waals surface area contributed by atoms with Crippen molar-refractivity contribution in [1.82, 2.24) is 15.2 Å². The molecule has 0 radical (unpaired) electrons. The van der Waals surface area contributed by atoms with Crippen LogP contribution in [0.2, 0.25) is 0 Å². The number of hydrogen-bond acceptors (Lipinski definition) is 16. The van der Waals surface area contributed by atoms with Gasteiger partial charge < -0.3 is 36.2 Å². The number of phenolic OH excluding ortho intramolecular Hbond substituents is 1. The number of amides is 2. The SMILES string of the molecule is CO/N=C(\C(=O)N[C@@H]1C(=O)N2C(C(=O)OCOC(=O)c3ccc(NS(=O)(=O)CCN)c(O)c3)=CCS[C@H]12)c1csc(N)n1. The lowest BCUT2D eigenvalue weighted by atomic mass is 10.0. The van der Waals surface area contributed by atoms with E-state index in [1.807, 2.05) is 0 Å². The van der Waals surface area contributed by atoms with Gasteiger partial charge in [-0.3, -0.25) is 19.2 Å². The first kappa shape index (κ1) is 31.5. The quantitative estimate of drug-likeness (QED) is 0.0465. The maximum Gasteiger partial charge on any atom is 0.357 e. The summed E-state index contributed by atoms with van der Waals surface area (Å²) in [6.07, 6.45) is 1.46. The van der Waals surface area contributed by atoms with Crippen LogP contribution in [0.15, 0.2) is 40.5 Å². The van der Waals surface area contributed by atoms with Crippen molar-refractivity contribution < 1.29 is 47.0 Å². The van der Waals surface area contributed by atoms with Crippen molar-refractivity contribution in [2.45, 2.75) is 11.4 Å². The third-order valence-electron chi connectivity index (χ3n) is 5.77. The number of carbonyl (C=O) groups is 4. The van der Waals surface area contributed by atoms with E-state index in [-0.39, 0.29) is 45.8 Å². The molecule has 4 rings (SSSR count). The lowest BCUT2D eigenvalue weighted by Gasteiger charge is -2.48. The summed E-state index contributed by atoms with van der Waals surface area (Å²) in [4.78, 5) is 60.7. The summed E-state index contributed by atoms with van der Waals surface area (Å²) in [7, 11) is -2.55. The van der Waals surface area contributed by atoms with Crippen molar-refractivity contribution in [2.24, 2.45) is 10.9 Å². The predicted molar refractivity (Wildman–Crippen MR) is 154 cm³/mol. The maximum absolute atomic E-state index is 12.9. The van der Waals surface area contributed by atoms with E-state index in [1.165, 1.54) is 36.4 Å². The number of ether oxygens (including phenoxy) is 2. The molecule has 2 atom stereocenters. The normalized spacial score (nSPS) is 18.1. The van der Waals surface area contributed by atoms with E-state index in [1.54, 1.807) is 0 Å². The van der Waals surface area contributed by atoms with Crippen LogP contribution in [0.4, 0.5) is 10.8 Å². The van der Waals surface area contributed by atoms with Crippen molar-refractivity contribution in [2.75, 3.05) is 42.4 Å². The van der Waals surface area contributed by atoms with Gasteiger partial charge in [0.15, 0.2) is 10.8 Å². The van der Waals surface area contributed by atoms with Crippen molar-refractivity contribution in [1.29, 1.82) is 0 Å². The number of oxime groups is 1. The van der Waals surface area contributed by atoms with Crippen LogP contribution in [0.1, 0.15) is 16.1 Å². The lowest BCUT2D eigenvalue weighted by Crippen LogP contribution is -2.70. The average molecular weight is 656 g/mol. The number of benzene rings is 1. The maximum atomic E-state index is 12.9. The Balaban J connectivity index is 1.31. The van der Waals surface area contributed by atoms with Crippen molar-refractivity contribution >= 4 is 73.4 Å². The van der Waals surface area contributed by atoms with Crippen LogP contribution >= 0.6 is 23.1 Å². The van der Waals surface area contributed by atoms with E-state index in [2.05, 4.69) is 20.2 Å². The molecule has 0 aliphatic carbocycles. The standard InChI is InChI=1S/C23H25N7O10S3/c1-38-28-16(13-9-42-23(25)26-13)18(32)27-17-19(33)30-14(4-6-41-20(17)30)22(35)40-10-39-21(34)11-2-3-12(15(31)8-11)29-43(36,37)7-5-24/h2-4,8-9,17,20,29,31H,5-7,10,24H2,1H3,(H2,25,26)(H,27,32)/b28-16-/t17-,20-/m1/s1. The molecule has 0 spiro atoms. The summed E-state index contributed by atoms with van der Waals surface area (Å²) in [5.74, 6) is -3.86. The van der Waals surface area contributed by atoms with Crippen LogP contribution in [0.3, 0.4) is 0 Å². The Hall–Kier alpha value is -4.40. The lowest BCUT2D eigenvalue weighted by molar-refractivity contribution is -0.156. The Kier molecular flexibility index (Phi) is 9.73. The molecule has 1 saturated heterocycles. The molecular formula is C23H25N7O10S3. The van der Waals surface area contributed by atoms with Gasteiger partial charge in [0.05, 0.1) is 17.0 Å². The number of anilines is 2. The number of nitrogens with two attached hydrogens (primary N) is 2. The molecule has 0 saturated carbocycles. The number of thioether (sulfide) groups is 1. The molecule has 3 heterocycles. The minimum atomic E-state index is -3.79. The van der Waals surface area contributed by atoms with Gasteiger partial charge in [0, 0.05) is 17.7 Å². The summed E-state index contributed by atoms with van der Waals surface area (Å²) < 4.78 is 35.7. The first-order chi connectivity index (χ1) is 20.5. The molecule has 2 aromatic rings. The number of aromatic hydroxyl groups is 1. The van der Waals surface area contributed by atoms with Crippen LogP contribution in [0, 0.1) is 0 Å². The molecule has 230 valence electrons. The summed E-state index contributed by atoms with van der Waals surface area (Å²) >= 11 is 2.38. The topological polar surface area (TPSA) is 255 Å². The molecule has 20 heteroatoms. The number of phenols is 1. The van der Waals surface area contributed by atoms with E-state index < -0.39 is 57.7 Å². The molecule has 2 aliphatic heterocycles. The monoisotopic (exact) mass is 655 g/mol. The van der Waals surface area contributed by atoms with Gasteiger partial charge in [-0.2, -0.15) is 0 Å². The zero-order chi connectivity index (χ0) is 31.3. The van der Waals surface area contributed by atoms with E-state index in [0.717, 1.165) is 28.4 Å². The molecule has 7 N–H and O–H groups in total. The summed E-state index contributed by atoms with van der Waals surface area (Å²) in [5.41, 5.74) is 10.4. The first-order valence-corrected chi connectivity index (χ1v) is 15.7. The number of rotatable bonds is 12. The fourth-order valence-corrected chi connectivity index (χ4v) is 6.51. The van der Waals surface area contributed by atoms with Crippen molar-refractivity contribution in [3.05, 3.63) is 46.6 Å². The fourth-order valence-electron chi connectivity index (χ4n) is 3.84. The second-order valence-corrected chi connectivity index (χ2v) is 12.5. The molecule has 2 aliphatic rings. The molecule has 1 fully saturated rings. The van der Waals surface area contributed by atoms with Gasteiger partial charge >= 0.3 is 11.9 Å². The molecule has 2 amide bonds. The fraction of sp³-hybridized carbons (Fsp3) is 0.304. The number of nitrogen functional groups attached to an aromatic ring is 1. The Morgan fingerprint density at radius 3 is 2.65 bits per heavy atom. The van der Waals surface area contributed by atoms with Gasteiger partial charge in [-0.05, 0) is 24.3 Å². The minimum absolute atomic E-state index is 0.0971. The van der Waals surface area contributed by atoms with E-state index >= 15 is 0 Å². The van der Waals surface area contributed by atoms with Crippen LogP contribution < -0.4 is 21.5 Å². The second-order valence-electron chi connectivity index (χ2n) is 8.59. The third kappa shape index (κ3) is 7.16. The van der Waals surface area contributed by atoms with E-state index in [9.17, 15) is 32.7 Å². The van der Waals surface area contributed by atoms with Gasteiger partial charge in [-0.1, -0.05) is 5.16 Å². The van der Waals surface area contributed by atoms with Crippen LogP contribution in [-0.4, -0.2) is 96.2 Å². The molecular weight excluding hydrogens is 630 g/mol. The zero-order valence-corrected chi connectivity index (χ0v) is 24.7. The summed E-state index contributed by atoms with van der Waals surface area (Å²) in [5, 5.41) is 17.4. The third-order valence-corrected chi connectivity index (χ3v) is 8.93. The number of carbonyl (C=O) groups excluding carboxylic acids is 4. The van der Waals surface area contributed by atoms with Crippen LogP contribution in [-0.2, 0) is 38.7 Å². The van der Waals surface area contributed by atoms with Gasteiger partial charge in [0.25, 0.3) is 11.8 Å². The summed E-state index contributed by atoms with van der Waals surface area (Å²) in [6, 6.07) is 2.32. The van der Waals surface area contributed by atoms with Gasteiger partial charge in [0.2, 0.25) is 16.8 Å². The molecule has 1 aromatic heterocycles. The molecule has 43 heavy (non-hydrogen) atoms. The predicted octanol–water partition coefficient (Wildman–Crippen LogP) is -0.877. The molecule has 17 nitrogen and oxygen atoms in total. The number of aromatic nitrogens is 1. The number of β-lactam (4-membered cyclic amide) rings is 1. The second kappa shape index (κ2) is 13.3. The highest BCUT2D eigenvalue weighted by Gasteiger charge is 2.53. The summed E-state index contributed by atoms with van der Waals surface area (Å²) in [6.45, 7) is -0.956. The number of sulfonamides is 1. The zero-order valence-electron chi connectivity index (χ0n) is 22.2. The highest BCUT2D eigenvalue weighted by atomic mass is 32.2. The first-order valence-electron chi connectivity index (χ1n) is 12.1.